The van der Waals surface area contributed by atoms with Crippen LogP contribution in [0.5, 0.6) is 0 Å². The van der Waals surface area contributed by atoms with Crippen molar-refractivity contribution in [2.75, 3.05) is 48.5 Å². The van der Waals surface area contributed by atoms with Gasteiger partial charge in [0, 0.05) is 47.0 Å². The number of nitrogens with two attached hydrogens (primary N) is 4. The molecule has 0 aromatic heterocycles. The summed E-state index contributed by atoms with van der Waals surface area (Å²) in [5, 5.41) is 0. The van der Waals surface area contributed by atoms with E-state index < -0.39 is 32.3 Å². The maximum atomic E-state index is 11.7. The highest BCUT2D eigenvalue weighted by Crippen LogP contribution is 2.33. The quantitative estimate of drug-likeness (QED) is 0.255. The summed E-state index contributed by atoms with van der Waals surface area (Å²) >= 11 is 0. The normalized spacial score (nSPS) is 14.3. The van der Waals surface area contributed by atoms with Crippen LogP contribution in [0.25, 0.3) is 0 Å². The Morgan fingerprint density at radius 3 is 1.39 bits per heavy atom. The molecule has 2 atom stereocenters. The zero-order chi connectivity index (χ0) is 23.4. The van der Waals surface area contributed by atoms with Gasteiger partial charge in [-0.1, -0.05) is 12.1 Å². The second-order valence-corrected chi connectivity index (χ2v) is 10.8. The van der Waals surface area contributed by atoms with Gasteiger partial charge < -0.3 is 27.7 Å². The molecule has 0 heterocycles. The molecule has 0 amide bonds. The fourth-order valence-corrected chi connectivity index (χ4v) is 3.80. The SMILES string of the molecule is CS(=O)(=O)NCC(OC(CNS(C)(=O)=O)c1ccc(N)cc1N)c1ccc(N)cc1N. The number of anilines is 4. The van der Waals surface area contributed by atoms with Crippen LogP contribution in [0.3, 0.4) is 0 Å². The van der Waals surface area contributed by atoms with Gasteiger partial charge in [-0.25, -0.2) is 26.3 Å². The highest BCUT2D eigenvalue weighted by molar-refractivity contribution is 7.89. The zero-order valence-corrected chi connectivity index (χ0v) is 18.8. The molecule has 10 N–H and O–H groups in total. The Hall–Kier alpha value is -2.58. The van der Waals surface area contributed by atoms with Crippen molar-refractivity contribution in [3.63, 3.8) is 0 Å². The van der Waals surface area contributed by atoms with Crippen molar-refractivity contribution in [3.8, 4) is 0 Å². The number of nitrogens with one attached hydrogen (secondary N) is 2. The molecule has 13 heteroatoms. The van der Waals surface area contributed by atoms with E-state index in [-0.39, 0.29) is 13.1 Å². The fraction of sp³-hybridized carbons (Fsp3) is 0.333. The third-order valence-corrected chi connectivity index (χ3v) is 5.69. The third kappa shape index (κ3) is 7.88. The summed E-state index contributed by atoms with van der Waals surface area (Å²) in [6.07, 6.45) is 0.269. The number of rotatable bonds is 10. The van der Waals surface area contributed by atoms with Gasteiger partial charge in [-0.2, -0.15) is 0 Å². The lowest BCUT2D eigenvalue weighted by Crippen LogP contribution is -2.33. The molecule has 172 valence electrons. The number of sulfonamides is 2. The first-order valence-corrected chi connectivity index (χ1v) is 12.9. The molecule has 2 unspecified atom stereocenters. The van der Waals surface area contributed by atoms with Gasteiger partial charge in [0.15, 0.2) is 0 Å². The zero-order valence-electron chi connectivity index (χ0n) is 17.2. The lowest BCUT2D eigenvalue weighted by atomic mass is 10.0. The first kappa shape index (κ1) is 24.7. The number of benzene rings is 2. The van der Waals surface area contributed by atoms with Crippen molar-refractivity contribution in [3.05, 3.63) is 47.5 Å². The van der Waals surface area contributed by atoms with E-state index in [1.54, 1.807) is 24.3 Å². The Morgan fingerprint density at radius 1 is 0.742 bits per heavy atom. The average molecular weight is 473 g/mol. The number of ether oxygens (including phenoxy) is 1. The lowest BCUT2D eigenvalue weighted by molar-refractivity contribution is -0.00808. The second kappa shape index (κ2) is 9.70. The molecule has 0 spiro atoms. The minimum absolute atomic E-state index is 0.156. The molecular weight excluding hydrogens is 444 g/mol. The minimum atomic E-state index is -3.55. The fourth-order valence-electron chi connectivity index (χ4n) is 2.89. The molecule has 0 saturated carbocycles. The van der Waals surface area contributed by atoms with E-state index in [1.807, 2.05) is 0 Å². The van der Waals surface area contributed by atoms with Crippen molar-refractivity contribution in [1.82, 2.24) is 9.44 Å². The molecule has 0 aliphatic heterocycles. The summed E-state index contributed by atoms with van der Waals surface area (Å²) in [4.78, 5) is 0. The topological polar surface area (TPSA) is 206 Å². The molecule has 2 rings (SSSR count). The molecule has 0 aliphatic carbocycles. The Kier molecular flexibility index (Phi) is 7.72. The van der Waals surface area contributed by atoms with Crippen LogP contribution in [-0.2, 0) is 24.8 Å². The smallest absolute Gasteiger partial charge is 0.208 e. The summed E-state index contributed by atoms with van der Waals surface area (Å²) in [6.45, 7) is -0.311. The Labute approximate surface area is 182 Å². The molecular formula is C18H28N6O5S2. The molecule has 11 nitrogen and oxygen atoms in total. The highest BCUT2D eigenvalue weighted by atomic mass is 32.2. The van der Waals surface area contributed by atoms with Gasteiger partial charge in [0.25, 0.3) is 0 Å². The van der Waals surface area contributed by atoms with Crippen LogP contribution in [0.2, 0.25) is 0 Å². The van der Waals surface area contributed by atoms with Crippen LogP contribution >= 0.6 is 0 Å². The third-order valence-electron chi connectivity index (χ3n) is 4.31. The Morgan fingerprint density at radius 2 is 1.10 bits per heavy atom. The summed E-state index contributed by atoms with van der Waals surface area (Å²) in [5.41, 5.74) is 26.1. The second-order valence-electron chi connectivity index (χ2n) is 7.13. The molecule has 31 heavy (non-hydrogen) atoms. The summed E-state index contributed by atoms with van der Waals surface area (Å²) in [7, 11) is -7.09. The van der Waals surface area contributed by atoms with E-state index in [4.69, 9.17) is 27.7 Å². The molecule has 2 aromatic rings. The van der Waals surface area contributed by atoms with Gasteiger partial charge in [0.2, 0.25) is 20.0 Å². The van der Waals surface area contributed by atoms with Gasteiger partial charge in [0.05, 0.1) is 24.7 Å². The van der Waals surface area contributed by atoms with Crippen LogP contribution in [0.1, 0.15) is 23.3 Å². The number of hydrogen-bond acceptors (Lipinski definition) is 9. The first-order chi connectivity index (χ1) is 14.2. The summed E-state index contributed by atoms with van der Waals surface area (Å²) < 4.78 is 57.6. The Bertz CT molecular complexity index is 1050. The van der Waals surface area contributed by atoms with Crippen molar-refractivity contribution in [2.24, 2.45) is 0 Å². The molecule has 0 aliphatic rings. The monoisotopic (exact) mass is 472 g/mol. The van der Waals surface area contributed by atoms with Crippen molar-refractivity contribution in [2.45, 2.75) is 12.2 Å². The van der Waals surface area contributed by atoms with E-state index >= 15 is 0 Å². The van der Waals surface area contributed by atoms with Crippen molar-refractivity contribution < 1.29 is 21.6 Å². The molecule has 2 aromatic carbocycles. The van der Waals surface area contributed by atoms with E-state index in [0.29, 0.717) is 33.9 Å². The number of nitrogen functional groups attached to an aromatic ring is 4. The van der Waals surface area contributed by atoms with Gasteiger partial charge in [-0.3, -0.25) is 0 Å². The van der Waals surface area contributed by atoms with Crippen LogP contribution in [0, 0.1) is 0 Å². The minimum Gasteiger partial charge on any atom is -0.399 e. The predicted molar refractivity (Wildman–Crippen MR) is 123 cm³/mol. The van der Waals surface area contributed by atoms with Gasteiger partial charge in [0.1, 0.15) is 0 Å². The van der Waals surface area contributed by atoms with Crippen molar-refractivity contribution >= 4 is 42.8 Å². The standard InChI is InChI=1S/C18H28N6O5S2/c1-30(25,26)23-9-17(13-5-3-11(19)7-15(13)21)29-18(10-24-31(2,27)28)14-6-4-12(20)8-16(14)22/h3-8,17-18,23-24H,9-10,19-22H2,1-2H3. The van der Waals surface area contributed by atoms with Crippen LogP contribution < -0.4 is 32.4 Å². The summed E-state index contributed by atoms with van der Waals surface area (Å²) in [5.74, 6) is 0. The predicted octanol–water partition coefficient (Wildman–Crippen LogP) is -0.0872. The number of hydrogen-bond donors (Lipinski definition) is 6. The molecule has 0 saturated heterocycles. The van der Waals surface area contributed by atoms with Gasteiger partial charge in [-0.15, -0.1) is 0 Å². The molecule has 0 bridgehead atoms. The first-order valence-electron chi connectivity index (χ1n) is 9.09. The van der Waals surface area contributed by atoms with Crippen molar-refractivity contribution in [1.29, 1.82) is 0 Å². The van der Waals surface area contributed by atoms with Crippen LogP contribution in [0.4, 0.5) is 22.7 Å². The van der Waals surface area contributed by atoms with E-state index in [9.17, 15) is 16.8 Å². The molecule has 0 radical (unpaired) electrons. The average Bonchev–Trinajstić information content (AvgIpc) is 2.61. The largest absolute Gasteiger partial charge is 0.399 e. The van der Waals surface area contributed by atoms with E-state index in [0.717, 1.165) is 12.5 Å². The van der Waals surface area contributed by atoms with E-state index in [2.05, 4.69) is 9.44 Å². The van der Waals surface area contributed by atoms with Crippen LogP contribution in [0.15, 0.2) is 36.4 Å². The Balaban J connectivity index is 2.46. The van der Waals surface area contributed by atoms with Gasteiger partial charge >= 0.3 is 0 Å². The highest BCUT2D eigenvalue weighted by Gasteiger charge is 2.25. The van der Waals surface area contributed by atoms with Crippen LogP contribution in [-0.4, -0.2) is 42.4 Å². The molecule has 0 fully saturated rings. The van der Waals surface area contributed by atoms with E-state index in [1.165, 1.54) is 12.1 Å². The maximum absolute atomic E-state index is 11.7. The van der Waals surface area contributed by atoms with Gasteiger partial charge in [-0.05, 0) is 24.3 Å². The lowest BCUT2D eigenvalue weighted by Gasteiger charge is -2.27. The summed E-state index contributed by atoms with van der Waals surface area (Å²) in [6, 6.07) is 9.48. The maximum Gasteiger partial charge on any atom is 0.208 e.